The first-order chi connectivity index (χ1) is 12.1. The van der Waals surface area contributed by atoms with Gasteiger partial charge in [-0.3, -0.25) is 0 Å². The van der Waals surface area contributed by atoms with E-state index in [1.807, 2.05) is 44.2 Å². The minimum Gasteiger partial charge on any atom is -0.494 e. The van der Waals surface area contributed by atoms with Crippen LogP contribution in [0.4, 0.5) is 0 Å². The summed E-state index contributed by atoms with van der Waals surface area (Å²) in [5, 5.41) is 15.9. The molecule has 0 bridgehead atoms. The molecule has 3 aromatic rings. The molecule has 0 unspecified atom stereocenters. The molecule has 0 fully saturated rings. The van der Waals surface area contributed by atoms with E-state index >= 15 is 0 Å². The van der Waals surface area contributed by atoms with Crippen LogP contribution in [0.25, 0.3) is 5.95 Å². The van der Waals surface area contributed by atoms with Crippen LogP contribution >= 0.6 is 12.2 Å². The standard InChI is InChI=1S/C17H20N6OS/c1-4-9-24-15-7-5-14(6-8-15)11-18-23-16(19-20-17(23)25)22-13(3)10-12(2)21-22/h5-8,10-11H,4,9H2,1-3H3,(H,20,25)/b18-11-. The number of nitrogens with zero attached hydrogens (tertiary/aromatic N) is 5. The predicted molar refractivity (Wildman–Crippen MR) is 99.2 cm³/mol. The van der Waals surface area contributed by atoms with Gasteiger partial charge in [0.25, 0.3) is 5.95 Å². The number of benzene rings is 1. The number of nitrogens with one attached hydrogen (secondary N) is 1. The lowest BCUT2D eigenvalue weighted by molar-refractivity contribution is 0.317. The Balaban J connectivity index is 1.86. The first-order valence-electron chi connectivity index (χ1n) is 8.06. The zero-order valence-electron chi connectivity index (χ0n) is 14.4. The molecule has 0 saturated carbocycles. The highest BCUT2D eigenvalue weighted by atomic mass is 32.1. The van der Waals surface area contributed by atoms with Crippen LogP contribution in [-0.4, -0.2) is 37.5 Å². The maximum atomic E-state index is 5.58. The number of aromatic nitrogens is 5. The van der Waals surface area contributed by atoms with E-state index in [1.54, 1.807) is 15.6 Å². The van der Waals surface area contributed by atoms with E-state index in [9.17, 15) is 0 Å². The average molecular weight is 356 g/mol. The monoisotopic (exact) mass is 356 g/mol. The van der Waals surface area contributed by atoms with Crippen LogP contribution in [0.2, 0.25) is 0 Å². The summed E-state index contributed by atoms with van der Waals surface area (Å²) >= 11 is 5.28. The third-order valence-corrected chi connectivity index (χ3v) is 3.77. The molecular weight excluding hydrogens is 336 g/mol. The van der Waals surface area contributed by atoms with Crippen molar-refractivity contribution in [3.05, 3.63) is 52.1 Å². The van der Waals surface area contributed by atoms with Gasteiger partial charge in [-0.15, -0.1) is 5.10 Å². The van der Waals surface area contributed by atoms with Crippen molar-refractivity contribution in [3.8, 4) is 11.7 Å². The molecule has 0 spiro atoms. The lowest BCUT2D eigenvalue weighted by Gasteiger charge is -2.04. The van der Waals surface area contributed by atoms with Gasteiger partial charge in [0, 0.05) is 5.69 Å². The molecule has 0 aliphatic rings. The molecule has 0 aliphatic carbocycles. The third kappa shape index (κ3) is 3.85. The van der Waals surface area contributed by atoms with Crippen LogP contribution in [0.5, 0.6) is 5.75 Å². The van der Waals surface area contributed by atoms with Gasteiger partial charge in [-0.2, -0.15) is 14.9 Å². The molecule has 1 N–H and O–H groups in total. The van der Waals surface area contributed by atoms with E-state index in [-0.39, 0.29) is 0 Å². The Bertz CT molecular complexity index is 935. The third-order valence-electron chi connectivity index (χ3n) is 3.51. The van der Waals surface area contributed by atoms with Gasteiger partial charge in [0.2, 0.25) is 4.77 Å². The molecule has 2 aromatic heterocycles. The van der Waals surface area contributed by atoms with Gasteiger partial charge in [0.15, 0.2) is 0 Å². The minimum atomic E-state index is 0.404. The van der Waals surface area contributed by atoms with Crippen molar-refractivity contribution in [3.63, 3.8) is 0 Å². The lowest BCUT2D eigenvalue weighted by Crippen LogP contribution is -2.07. The molecule has 25 heavy (non-hydrogen) atoms. The molecule has 2 heterocycles. The fraction of sp³-hybridized carbons (Fsp3) is 0.294. The summed E-state index contributed by atoms with van der Waals surface area (Å²) in [6.45, 7) is 6.68. The molecule has 0 saturated heterocycles. The summed E-state index contributed by atoms with van der Waals surface area (Å²) in [4.78, 5) is 0. The van der Waals surface area contributed by atoms with E-state index < -0.39 is 0 Å². The maximum Gasteiger partial charge on any atom is 0.271 e. The average Bonchev–Trinajstić information content (AvgIpc) is 3.13. The van der Waals surface area contributed by atoms with Gasteiger partial charge in [-0.25, -0.2) is 9.78 Å². The van der Waals surface area contributed by atoms with Crippen molar-refractivity contribution >= 4 is 18.4 Å². The Labute approximate surface area is 151 Å². The summed E-state index contributed by atoms with van der Waals surface area (Å²) in [5.74, 6) is 1.37. The topological polar surface area (TPSA) is 73.0 Å². The van der Waals surface area contributed by atoms with Gasteiger partial charge in [-0.1, -0.05) is 6.92 Å². The van der Waals surface area contributed by atoms with Crippen LogP contribution in [0.1, 0.15) is 30.3 Å². The van der Waals surface area contributed by atoms with Gasteiger partial charge in [0.05, 0.1) is 18.5 Å². The van der Waals surface area contributed by atoms with Crippen molar-refractivity contribution in [1.82, 2.24) is 24.7 Å². The zero-order valence-corrected chi connectivity index (χ0v) is 15.2. The zero-order chi connectivity index (χ0) is 17.8. The lowest BCUT2D eigenvalue weighted by atomic mass is 10.2. The van der Waals surface area contributed by atoms with Crippen LogP contribution < -0.4 is 4.74 Å². The van der Waals surface area contributed by atoms with Crippen molar-refractivity contribution in [2.24, 2.45) is 5.10 Å². The fourth-order valence-electron chi connectivity index (χ4n) is 2.35. The van der Waals surface area contributed by atoms with Crippen LogP contribution in [0.3, 0.4) is 0 Å². The van der Waals surface area contributed by atoms with Crippen LogP contribution in [0, 0.1) is 18.6 Å². The van der Waals surface area contributed by atoms with Gasteiger partial charge < -0.3 is 4.74 Å². The molecular formula is C17H20N6OS. The molecule has 3 rings (SSSR count). The quantitative estimate of drug-likeness (QED) is 0.542. The van der Waals surface area contributed by atoms with Crippen molar-refractivity contribution in [2.75, 3.05) is 6.61 Å². The molecule has 1 aromatic carbocycles. The maximum absolute atomic E-state index is 5.58. The Morgan fingerprint density at radius 2 is 2.04 bits per heavy atom. The first-order valence-corrected chi connectivity index (χ1v) is 8.47. The predicted octanol–water partition coefficient (Wildman–Crippen LogP) is 3.41. The van der Waals surface area contributed by atoms with E-state index in [0.29, 0.717) is 17.3 Å². The highest BCUT2D eigenvalue weighted by molar-refractivity contribution is 7.71. The van der Waals surface area contributed by atoms with Gasteiger partial charge in [-0.05, 0) is 68.4 Å². The van der Waals surface area contributed by atoms with Crippen LogP contribution in [-0.2, 0) is 0 Å². The fourth-order valence-corrected chi connectivity index (χ4v) is 2.52. The second-order valence-electron chi connectivity index (χ2n) is 5.64. The SMILES string of the molecule is CCCOc1ccc(/C=N\n2c(-n3nc(C)cc3C)n[nH]c2=S)cc1. The normalized spacial score (nSPS) is 11.3. The van der Waals surface area contributed by atoms with E-state index in [1.165, 1.54) is 0 Å². The van der Waals surface area contributed by atoms with Crippen LogP contribution in [0.15, 0.2) is 35.4 Å². The number of rotatable bonds is 6. The molecule has 8 heteroatoms. The summed E-state index contributed by atoms with van der Waals surface area (Å²) in [6, 6.07) is 9.71. The first kappa shape index (κ1) is 17.1. The number of aromatic amines is 1. The van der Waals surface area contributed by atoms with E-state index in [4.69, 9.17) is 17.0 Å². The smallest absolute Gasteiger partial charge is 0.271 e. The molecule has 7 nitrogen and oxygen atoms in total. The number of ether oxygens (including phenoxy) is 1. The highest BCUT2D eigenvalue weighted by Crippen LogP contribution is 2.13. The molecule has 130 valence electrons. The Kier molecular flexibility index (Phi) is 5.08. The molecule has 0 amide bonds. The van der Waals surface area contributed by atoms with E-state index in [2.05, 4.69) is 27.3 Å². The Morgan fingerprint density at radius 1 is 1.28 bits per heavy atom. The van der Waals surface area contributed by atoms with Crippen molar-refractivity contribution in [2.45, 2.75) is 27.2 Å². The number of H-pyrrole nitrogens is 1. The van der Waals surface area contributed by atoms with Gasteiger partial charge in [0.1, 0.15) is 5.75 Å². The summed E-state index contributed by atoms with van der Waals surface area (Å²) in [7, 11) is 0. The molecule has 0 atom stereocenters. The Hall–Kier alpha value is -2.74. The van der Waals surface area contributed by atoms with Crippen molar-refractivity contribution in [1.29, 1.82) is 0 Å². The number of hydrogen-bond donors (Lipinski definition) is 1. The largest absolute Gasteiger partial charge is 0.494 e. The number of aryl methyl sites for hydroxylation is 2. The van der Waals surface area contributed by atoms with E-state index in [0.717, 1.165) is 29.1 Å². The highest BCUT2D eigenvalue weighted by Gasteiger charge is 2.11. The van der Waals surface area contributed by atoms with Gasteiger partial charge >= 0.3 is 0 Å². The summed E-state index contributed by atoms with van der Waals surface area (Å²) in [5.41, 5.74) is 2.80. The Morgan fingerprint density at radius 3 is 2.68 bits per heavy atom. The summed E-state index contributed by atoms with van der Waals surface area (Å²) in [6.07, 6.45) is 2.71. The number of hydrogen-bond acceptors (Lipinski definition) is 5. The second-order valence-corrected chi connectivity index (χ2v) is 6.03. The molecule has 0 radical (unpaired) electrons. The van der Waals surface area contributed by atoms with Crippen molar-refractivity contribution < 1.29 is 4.74 Å². The molecule has 0 aliphatic heterocycles. The summed E-state index contributed by atoms with van der Waals surface area (Å²) < 4.78 is 9.24. The second kappa shape index (κ2) is 7.43. The minimum absolute atomic E-state index is 0.404.